The van der Waals surface area contributed by atoms with Crippen LogP contribution >= 0.6 is 11.3 Å². The van der Waals surface area contributed by atoms with Gasteiger partial charge in [-0.05, 0) is 27.3 Å². The van der Waals surface area contributed by atoms with E-state index in [1.54, 1.807) is 11.3 Å². The first-order valence-corrected chi connectivity index (χ1v) is 7.39. The number of hydrogen-bond donors (Lipinski definition) is 1. The Labute approximate surface area is 113 Å². The molecular formula is C13H23N3OS. The lowest BCUT2D eigenvalue weighted by Gasteiger charge is -2.38. The minimum atomic E-state index is -0.0698. The van der Waals surface area contributed by atoms with Crippen molar-refractivity contribution in [1.29, 1.82) is 0 Å². The molecule has 18 heavy (non-hydrogen) atoms. The number of morpholine rings is 1. The first-order chi connectivity index (χ1) is 8.52. The molecule has 1 saturated heterocycles. The van der Waals surface area contributed by atoms with Gasteiger partial charge in [-0.2, -0.15) is 0 Å². The normalized spacial score (nSPS) is 19.2. The van der Waals surface area contributed by atoms with Gasteiger partial charge in [-0.15, -0.1) is 11.3 Å². The van der Waals surface area contributed by atoms with E-state index in [4.69, 9.17) is 9.72 Å². The predicted molar refractivity (Wildman–Crippen MR) is 76.5 cm³/mol. The highest BCUT2D eigenvalue weighted by molar-refractivity contribution is 7.15. The van der Waals surface area contributed by atoms with Gasteiger partial charge in [-0.1, -0.05) is 6.92 Å². The van der Waals surface area contributed by atoms with Crippen molar-refractivity contribution >= 4 is 16.5 Å². The van der Waals surface area contributed by atoms with Gasteiger partial charge in [-0.3, -0.25) is 0 Å². The van der Waals surface area contributed by atoms with Crippen molar-refractivity contribution in [2.75, 3.05) is 31.1 Å². The van der Waals surface area contributed by atoms with Crippen molar-refractivity contribution in [2.45, 2.75) is 39.8 Å². The van der Waals surface area contributed by atoms with E-state index in [1.165, 1.54) is 4.88 Å². The molecule has 1 aliphatic rings. The second-order valence-electron chi connectivity index (χ2n) is 5.32. The quantitative estimate of drug-likeness (QED) is 0.909. The third-order valence-corrected chi connectivity index (χ3v) is 4.33. The van der Waals surface area contributed by atoms with Gasteiger partial charge in [0.1, 0.15) is 0 Å². The minimum absolute atomic E-state index is 0.0698. The Hall–Kier alpha value is -0.650. The summed E-state index contributed by atoms with van der Waals surface area (Å²) in [5.41, 5.74) is 1.08. The van der Waals surface area contributed by atoms with E-state index in [0.29, 0.717) is 0 Å². The lowest BCUT2D eigenvalue weighted by Crippen LogP contribution is -2.48. The lowest BCUT2D eigenvalue weighted by atomic mass is 10.1. The largest absolute Gasteiger partial charge is 0.372 e. The molecule has 2 heterocycles. The number of hydrogen-bond acceptors (Lipinski definition) is 5. The van der Waals surface area contributed by atoms with Gasteiger partial charge < -0.3 is 15.0 Å². The van der Waals surface area contributed by atoms with Crippen LogP contribution in [-0.2, 0) is 11.3 Å². The molecule has 0 amide bonds. The fourth-order valence-electron chi connectivity index (χ4n) is 2.13. The number of aryl methyl sites for hydroxylation is 1. The number of thiazole rings is 1. The maximum atomic E-state index is 5.74. The van der Waals surface area contributed by atoms with Gasteiger partial charge >= 0.3 is 0 Å². The van der Waals surface area contributed by atoms with Gasteiger partial charge in [-0.25, -0.2) is 4.98 Å². The molecule has 0 saturated carbocycles. The molecule has 1 aromatic rings. The number of aromatic nitrogens is 1. The molecule has 0 aliphatic carbocycles. The number of ether oxygens (including phenoxy) is 1. The minimum Gasteiger partial charge on any atom is -0.372 e. The Morgan fingerprint density at radius 2 is 2.28 bits per heavy atom. The summed E-state index contributed by atoms with van der Waals surface area (Å²) in [6, 6.07) is 0. The molecular weight excluding hydrogens is 246 g/mol. The van der Waals surface area contributed by atoms with Crippen LogP contribution in [0.3, 0.4) is 0 Å². The summed E-state index contributed by atoms with van der Waals surface area (Å²) in [4.78, 5) is 8.39. The average molecular weight is 269 g/mol. The van der Waals surface area contributed by atoms with Crippen LogP contribution in [0.2, 0.25) is 0 Å². The second kappa shape index (κ2) is 5.55. The molecule has 102 valence electrons. The lowest BCUT2D eigenvalue weighted by molar-refractivity contribution is -0.0277. The molecule has 2 rings (SSSR count). The Morgan fingerprint density at radius 3 is 2.94 bits per heavy atom. The molecule has 0 bridgehead atoms. The zero-order valence-electron chi connectivity index (χ0n) is 11.7. The maximum Gasteiger partial charge on any atom is 0.185 e. The summed E-state index contributed by atoms with van der Waals surface area (Å²) in [6.07, 6.45) is 0. The summed E-state index contributed by atoms with van der Waals surface area (Å²) in [7, 11) is 0. The summed E-state index contributed by atoms with van der Waals surface area (Å²) in [6.45, 7) is 13.1. The van der Waals surface area contributed by atoms with Crippen LogP contribution in [0.25, 0.3) is 0 Å². The van der Waals surface area contributed by atoms with E-state index in [2.05, 4.69) is 37.9 Å². The maximum absolute atomic E-state index is 5.74. The Morgan fingerprint density at radius 1 is 1.50 bits per heavy atom. The van der Waals surface area contributed by atoms with Crippen LogP contribution in [0.4, 0.5) is 5.13 Å². The van der Waals surface area contributed by atoms with Gasteiger partial charge in [0.25, 0.3) is 0 Å². The second-order valence-corrected chi connectivity index (χ2v) is 6.38. The first-order valence-electron chi connectivity index (χ1n) is 6.58. The predicted octanol–water partition coefficient (Wildman–Crippen LogP) is 2.18. The fraction of sp³-hybridized carbons (Fsp3) is 0.769. The van der Waals surface area contributed by atoms with Crippen LogP contribution in [0.5, 0.6) is 0 Å². The monoisotopic (exact) mass is 269 g/mol. The molecule has 1 fully saturated rings. The van der Waals surface area contributed by atoms with Crippen LogP contribution in [0.15, 0.2) is 0 Å². The molecule has 0 unspecified atom stereocenters. The third kappa shape index (κ3) is 3.22. The van der Waals surface area contributed by atoms with Crippen molar-refractivity contribution in [3.05, 3.63) is 10.6 Å². The first kappa shape index (κ1) is 13.8. The van der Waals surface area contributed by atoms with Gasteiger partial charge in [0.05, 0.1) is 17.9 Å². The zero-order chi connectivity index (χ0) is 13.2. The molecule has 0 radical (unpaired) electrons. The van der Waals surface area contributed by atoms with E-state index < -0.39 is 0 Å². The van der Waals surface area contributed by atoms with Gasteiger partial charge in [0, 0.05) is 24.5 Å². The molecule has 1 aliphatic heterocycles. The molecule has 0 atom stereocenters. The highest BCUT2D eigenvalue weighted by atomic mass is 32.1. The van der Waals surface area contributed by atoms with Gasteiger partial charge in [0.2, 0.25) is 0 Å². The average Bonchev–Trinajstić information content (AvgIpc) is 2.67. The van der Waals surface area contributed by atoms with Crippen LogP contribution in [0.1, 0.15) is 31.3 Å². The van der Waals surface area contributed by atoms with Crippen molar-refractivity contribution in [3.63, 3.8) is 0 Å². The highest BCUT2D eigenvalue weighted by Gasteiger charge is 2.29. The summed E-state index contributed by atoms with van der Waals surface area (Å²) < 4.78 is 5.74. The van der Waals surface area contributed by atoms with E-state index in [9.17, 15) is 0 Å². The van der Waals surface area contributed by atoms with Crippen molar-refractivity contribution in [1.82, 2.24) is 10.3 Å². The van der Waals surface area contributed by atoms with Crippen molar-refractivity contribution < 1.29 is 4.74 Å². The topological polar surface area (TPSA) is 37.4 Å². The molecule has 4 nitrogen and oxygen atoms in total. The zero-order valence-corrected chi connectivity index (χ0v) is 12.6. The standard InChI is InChI=1S/C13H23N3OS/c1-5-14-8-11-10(2)15-12(18-11)16-6-7-17-13(3,4)9-16/h14H,5-9H2,1-4H3. The van der Waals surface area contributed by atoms with Crippen LogP contribution < -0.4 is 10.2 Å². The Bertz CT molecular complexity index is 403. The number of nitrogens with zero attached hydrogens (tertiary/aromatic N) is 2. The van der Waals surface area contributed by atoms with Crippen molar-refractivity contribution in [3.8, 4) is 0 Å². The van der Waals surface area contributed by atoms with Gasteiger partial charge in [0.15, 0.2) is 5.13 Å². The Kier molecular flexibility index (Phi) is 4.25. The van der Waals surface area contributed by atoms with Crippen molar-refractivity contribution in [2.24, 2.45) is 0 Å². The van der Waals surface area contributed by atoms with E-state index in [-0.39, 0.29) is 5.60 Å². The molecule has 5 heteroatoms. The molecule has 1 aromatic heterocycles. The summed E-state index contributed by atoms with van der Waals surface area (Å²) in [5.74, 6) is 0. The van der Waals surface area contributed by atoms with E-state index in [0.717, 1.165) is 43.6 Å². The number of anilines is 1. The van der Waals surface area contributed by atoms with E-state index in [1.807, 2.05) is 0 Å². The Balaban J connectivity index is 2.08. The molecule has 1 N–H and O–H groups in total. The van der Waals surface area contributed by atoms with E-state index >= 15 is 0 Å². The number of rotatable bonds is 4. The summed E-state index contributed by atoms with van der Waals surface area (Å²) in [5, 5.41) is 4.50. The smallest absolute Gasteiger partial charge is 0.185 e. The number of nitrogens with one attached hydrogen (secondary N) is 1. The summed E-state index contributed by atoms with van der Waals surface area (Å²) >= 11 is 1.80. The highest BCUT2D eigenvalue weighted by Crippen LogP contribution is 2.29. The molecule has 0 aromatic carbocycles. The van der Waals surface area contributed by atoms with Crippen LogP contribution in [-0.4, -0.2) is 36.8 Å². The third-order valence-electron chi connectivity index (χ3n) is 3.11. The fourth-order valence-corrected chi connectivity index (χ4v) is 3.19. The SMILES string of the molecule is CCNCc1sc(N2CCOC(C)(C)C2)nc1C. The van der Waals surface area contributed by atoms with Crippen LogP contribution in [0, 0.1) is 6.92 Å². The molecule has 0 spiro atoms.